The molecule has 3 heteroatoms. The molecule has 1 saturated heterocycles. The third-order valence-corrected chi connectivity index (χ3v) is 4.93. The van der Waals surface area contributed by atoms with E-state index < -0.39 is 0 Å². The maximum absolute atomic E-state index is 5.95. The second-order valence-corrected chi connectivity index (χ2v) is 6.59. The molecule has 0 aromatic heterocycles. The number of nitrogens with two attached hydrogens (primary N) is 1. The van der Waals surface area contributed by atoms with Crippen LogP contribution >= 0.6 is 0 Å². The van der Waals surface area contributed by atoms with Gasteiger partial charge in [0.1, 0.15) is 0 Å². The Labute approximate surface area is 113 Å². The van der Waals surface area contributed by atoms with Gasteiger partial charge in [-0.15, -0.1) is 0 Å². The highest BCUT2D eigenvalue weighted by atomic mass is 15.2. The molecule has 18 heavy (non-hydrogen) atoms. The van der Waals surface area contributed by atoms with Gasteiger partial charge in [-0.2, -0.15) is 0 Å². The molecule has 0 spiro atoms. The molecule has 0 amide bonds. The van der Waals surface area contributed by atoms with Gasteiger partial charge in [0.05, 0.1) is 0 Å². The number of piperidine rings is 1. The highest BCUT2D eigenvalue weighted by molar-refractivity contribution is 4.79. The Morgan fingerprint density at radius 3 is 2.56 bits per heavy atom. The Morgan fingerprint density at radius 1 is 1.17 bits per heavy atom. The summed E-state index contributed by atoms with van der Waals surface area (Å²) in [6.07, 6.45) is 8.05. The largest absolute Gasteiger partial charge is 0.328 e. The van der Waals surface area contributed by atoms with E-state index in [9.17, 15) is 0 Å². The second kappa shape index (κ2) is 6.88. The molecule has 0 aromatic carbocycles. The van der Waals surface area contributed by atoms with Crippen molar-refractivity contribution in [2.75, 3.05) is 33.2 Å². The van der Waals surface area contributed by atoms with Crippen molar-refractivity contribution in [3.8, 4) is 0 Å². The maximum Gasteiger partial charge on any atom is 0.0109 e. The van der Waals surface area contributed by atoms with Gasteiger partial charge in [-0.05, 0) is 51.7 Å². The van der Waals surface area contributed by atoms with E-state index >= 15 is 0 Å². The van der Waals surface area contributed by atoms with Gasteiger partial charge >= 0.3 is 0 Å². The van der Waals surface area contributed by atoms with Crippen molar-refractivity contribution in [3.05, 3.63) is 0 Å². The van der Waals surface area contributed by atoms with Crippen LogP contribution in [0.3, 0.4) is 0 Å². The number of nitrogens with zero attached hydrogens (tertiary/aromatic N) is 2. The molecule has 1 heterocycles. The van der Waals surface area contributed by atoms with Crippen LogP contribution in [0.1, 0.15) is 45.4 Å². The summed E-state index contributed by atoms with van der Waals surface area (Å²) in [5.74, 6) is 0.930. The number of likely N-dealkylation sites (tertiary alicyclic amines) is 1. The van der Waals surface area contributed by atoms with Gasteiger partial charge in [0, 0.05) is 25.2 Å². The van der Waals surface area contributed by atoms with Gasteiger partial charge in [-0.1, -0.05) is 19.8 Å². The highest BCUT2D eigenvalue weighted by Gasteiger charge is 2.23. The summed E-state index contributed by atoms with van der Waals surface area (Å²) in [6.45, 7) is 7.28. The van der Waals surface area contributed by atoms with Gasteiger partial charge < -0.3 is 15.5 Å². The minimum absolute atomic E-state index is 0.457. The fourth-order valence-corrected chi connectivity index (χ4v) is 3.46. The number of rotatable bonds is 4. The Morgan fingerprint density at radius 2 is 1.89 bits per heavy atom. The lowest BCUT2D eigenvalue weighted by Gasteiger charge is -2.36. The molecule has 1 aliphatic heterocycles. The van der Waals surface area contributed by atoms with Gasteiger partial charge in [0.2, 0.25) is 0 Å². The lowest BCUT2D eigenvalue weighted by Crippen LogP contribution is -2.44. The highest BCUT2D eigenvalue weighted by Crippen LogP contribution is 2.26. The van der Waals surface area contributed by atoms with Crippen molar-refractivity contribution in [2.24, 2.45) is 11.7 Å². The third-order valence-electron chi connectivity index (χ3n) is 4.93. The molecular formula is C15H31N3. The third kappa shape index (κ3) is 4.22. The van der Waals surface area contributed by atoms with Crippen molar-refractivity contribution in [3.63, 3.8) is 0 Å². The predicted molar refractivity (Wildman–Crippen MR) is 77.7 cm³/mol. The second-order valence-electron chi connectivity index (χ2n) is 6.59. The standard InChI is InChI=1S/C15H31N3/c1-13-4-3-5-15(12-13)17(2)10-11-18-8-6-14(16)7-9-18/h13-15H,3-12,16H2,1-2H3. The van der Waals surface area contributed by atoms with E-state index in [1.165, 1.54) is 64.7 Å². The summed E-state index contributed by atoms with van der Waals surface area (Å²) >= 11 is 0. The SMILES string of the molecule is CC1CCCC(N(C)CCN2CCC(N)CC2)C1. The van der Waals surface area contributed by atoms with Crippen molar-refractivity contribution in [1.82, 2.24) is 9.80 Å². The zero-order valence-electron chi connectivity index (χ0n) is 12.3. The first-order chi connectivity index (χ1) is 8.65. The number of likely N-dealkylation sites (N-methyl/N-ethyl adjacent to an activating group) is 1. The monoisotopic (exact) mass is 253 g/mol. The van der Waals surface area contributed by atoms with Crippen LogP contribution in [0, 0.1) is 5.92 Å². The van der Waals surface area contributed by atoms with E-state index in [0.29, 0.717) is 6.04 Å². The predicted octanol–water partition coefficient (Wildman–Crippen LogP) is 1.92. The van der Waals surface area contributed by atoms with Crippen molar-refractivity contribution < 1.29 is 0 Å². The summed E-state index contributed by atoms with van der Waals surface area (Å²) in [5.41, 5.74) is 5.95. The Kier molecular flexibility index (Phi) is 5.46. The van der Waals surface area contributed by atoms with Gasteiger partial charge in [0.25, 0.3) is 0 Å². The summed E-state index contributed by atoms with van der Waals surface area (Å²) in [5, 5.41) is 0. The molecule has 2 unspecified atom stereocenters. The Bertz CT molecular complexity index is 236. The van der Waals surface area contributed by atoms with Crippen LogP contribution in [0.25, 0.3) is 0 Å². The fourth-order valence-electron chi connectivity index (χ4n) is 3.46. The first-order valence-corrected chi connectivity index (χ1v) is 7.83. The van der Waals surface area contributed by atoms with Crippen molar-refractivity contribution in [1.29, 1.82) is 0 Å². The maximum atomic E-state index is 5.95. The molecule has 2 atom stereocenters. The van der Waals surface area contributed by atoms with E-state index in [4.69, 9.17) is 5.73 Å². The summed E-state index contributed by atoms with van der Waals surface area (Å²) in [6, 6.07) is 1.29. The Hall–Kier alpha value is -0.120. The van der Waals surface area contributed by atoms with Crippen molar-refractivity contribution >= 4 is 0 Å². The zero-order chi connectivity index (χ0) is 13.0. The first kappa shape index (κ1) is 14.3. The smallest absolute Gasteiger partial charge is 0.0109 e. The average molecular weight is 253 g/mol. The van der Waals surface area contributed by atoms with Gasteiger partial charge in [-0.3, -0.25) is 0 Å². The molecule has 1 saturated carbocycles. The topological polar surface area (TPSA) is 32.5 Å². The van der Waals surface area contributed by atoms with Crippen LogP contribution in [0.2, 0.25) is 0 Å². The molecule has 2 fully saturated rings. The number of hydrogen-bond donors (Lipinski definition) is 1. The summed E-state index contributed by atoms with van der Waals surface area (Å²) < 4.78 is 0. The lowest BCUT2D eigenvalue weighted by molar-refractivity contribution is 0.131. The van der Waals surface area contributed by atoms with E-state index in [2.05, 4.69) is 23.8 Å². The van der Waals surface area contributed by atoms with E-state index in [1.807, 2.05) is 0 Å². The van der Waals surface area contributed by atoms with Crippen LogP contribution in [0.15, 0.2) is 0 Å². The molecular weight excluding hydrogens is 222 g/mol. The lowest BCUT2D eigenvalue weighted by atomic mass is 9.86. The molecule has 2 aliphatic rings. The van der Waals surface area contributed by atoms with Crippen LogP contribution in [-0.4, -0.2) is 55.1 Å². The first-order valence-electron chi connectivity index (χ1n) is 7.83. The molecule has 0 aromatic rings. The van der Waals surface area contributed by atoms with Crippen LogP contribution in [0.5, 0.6) is 0 Å². The van der Waals surface area contributed by atoms with E-state index in [1.54, 1.807) is 0 Å². The minimum Gasteiger partial charge on any atom is -0.328 e. The zero-order valence-corrected chi connectivity index (χ0v) is 12.3. The molecule has 2 rings (SSSR count). The average Bonchev–Trinajstić information content (AvgIpc) is 2.38. The van der Waals surface area contributed by atoms with Gasteiger partial charge in [0.15, 0.2) is 0 Å². The van der Waals surface area contributed by atoms with E-state index in [0.717, 1.165) is 12.0 Å². The van der Waals surface area contributed by atoms with Crippen molar-refractivity contribution in [2.45, 2.75) is 57.5 Å². The van der Waals surface area contributed by atoms with Crippen LogP contribution < -0.4 is 5.73 Å². The normalized spacial score (nSPS) is 32.0. The quantitative estimate of drug-likeness (QED) is 0.831. The minimum atomic E-state index is 0.457. The summed E-state index contributed by atoms with van der Waals surface area (Å²) in [4.78, 5) is 5.19. The molecule has 1 aliphatic carbocycles. The van der Waals surface area contributed by atoms with Crippen LogP contribution in [0.4, 0.5) is 0 Å². The number of hydrogen-bond acceptors (Lipinski definition) is 3. The fraction of sp³-hybridized carbons (Fsp3) is 1.00. The van der Waals surface area contributed by atoms with Gasteiger partial charge in [-0.25, -0.2) is 0 Å². The molecule has 3 nitrogen and oxygen atoms in total. The Balaban J connectivity index is 1.66. The molecule has 0 bridgehead atoms. The molecule has 2 N–H and O–H groups in total. The van der Waals surface area contributed by atoms with E-state index in [-0.39, 0.29) is 0 Å². The molecule has 106 valence electrons. The van der Waals surface area contributed by atoms with Crippen LogP contribution in [-0.2, 0) is 0 Å². The molecule has 0 radical (unpaired) electrons. The summed E-state index contributed by atoms with van der Waals surface area (Å²) in [7, 11) is 2.32.